The van der Waals surface area contributed by atoms with E-state index < -0.39 is 5.91 Å². The van der Waals surface area contributed by atoms with Crippen molar-refractivity contribution < 1.29 is 4.79 Å². The van der Waals surface area contributed by atoms with Gasteiger partial charge in [0.1, 0.15) is 0 Å². The zero-order chi connectivity index (χ0) is 14.3. The second-order valence-electron chi connectivity index (χ2n) is 4.44. The summed E-state index contributed by atoms with van der Waals surface area (Å²) in [5.74, 6) is 0.224. The van der Waals surface area contributed by atoms with E-state index in [1.54, 1.807) is 16.9 Å². The lowest BCUT2D eigenvalue weighted by molar-refractivity contribution is 0.100. The molecule has 0 aliphatic carbocycles. The Morgan fingerprint density at radius 3 is 2.85 bits per heavy atom. The molecule has 3 rings (SSSR count). The smallest absolute Gasteiger partial charge is 0.249 e. The number of hydrogen-bond acceptors (Lipinski definition) is 3. The van der Waals surface area contributed by atoms with Crippen LogP contribution in [0.15, 0.2) is 41.0 Å². The van der Waals surface area contributed by atoms with Crippen molar-refractivity contribution in [3.05, 3.63) is 52.3 Å². The summed E-state index contributed by atoms with van der Waals surface area (Å²) < 4.78 is 2.47. The third-order valence-corrected chi connectivity index (χ3v) is 3.47. The normalized spacial score (nSPS) is 10.9. The minimum atomic E-state index is -0.479. The maximum Gasteiger partial charge on any atom is 0.249 e. The van der Waals surface area contributed by atoms with Gasteiger partial charge < -0.3 is 5.73 Å². The molecule has 0 bridgehead atoms. The summed E-state index contributed by atoms with van der Waals surface area (Å²) in [6.07, 6.45) is 1.63. The van der Waals surface area contributed by atoms with Crippen molar-refractivity contribution in [3.63, 3.8) is 0 Å². The molecule has 1 aromatic carbocycles. The van der Waals surface area contributed by atoms with E-state index in [0.717, 1.165) is 15.7 Å². The summed E-state index contributed by atoms with van der Waals surface area (Å²) in [5, 5.41) is 5.03. The van der Waals surface area contributed by atoms with Gasteiger partial charge in [0.05, 0.1) is 17.3 Å². The van der Waals surface area contributed by atoms with Gasteiger partial charge in [0.2, 0.25) is 5.91 Å². The maximum absolute atomic E-state index is 11.5. The van der Waals surface area contributed by atoms with E-state index in [1.807, 2.05) is 31.2 Å². The first-order valence-electron chi connectivity index (χ1n) is 5.97. The summed E-state index contributed by atoms with van der Waals surface area (Å²) in [6.45, 7) is 1.92. The molecule has 0 aliphatic rings. The number of nitrogens with two attached hydrogens (primary N) is 1. The summed E-state index contributed by atoms with van der Waals surface area (Å²) in [7, 11) is 0. The second-order valence-corrected chi connectivity index (χ2v) is 5.36. The maximum atomic E-state index is 11.5. The number of pyridine rings is 1. The highest BCUT2D eigenvalue weighted by Crippen LogP contribution is 2.25. The number of nitrogens with zero attached hydrogens (tertiary/aromatic N) is 3. The summed E-state index contributed by atoms with van der Waals surface area (Å²) in [5.41, 5.74) is 7.53. The molecule has 0 aliphatic heterocycles. The molecule has 2 N–H and O–H groups in total. The molecule has 0 radical (unpaired) electrons. The van der Waals surface area contributed by atoms with E-state index in [9.17, 15) is 4.79 Å². The predicted octanol–water partition coefficient (Wildman–Crippen LogP) is 2.59. The average Bonchev–Trinajstić information content (AvgIpc) is 2.81. The first-order chi connectivity index (χ1) is 9.56. The fraction of sp³-hybridized carbons (Fsp3) is 0.0714. The van der Waals surface area contributed by atoms with E-state index in [0.29, 0.717) is 16.8 Å². The van der Waals surface area contributed by atoms with Crippen LogP contribution in [-0.4, -0.2) is 20.7 Å². The number of carbonyl (C=O) groups is 1. The number of hydrogen-bond donors (Lipinski definition) is 1. The van der Waals surface area contributed by atoms with Crippen molar-refractivity contribution in [2.24, 2.45) is 5.73 Å². The monoisotopic (exact) mass is 330 g/mol. The summed E-state index contributed by atoms with van der Waals surface area (Å²) in [4.78, 5) is 16.0. The number of aryl methyl sites for hydroxylation is 1. The molecule has 3 aromatic rings. The minimum Gasteiger partial charge on any atom is -0.366 e. The number of primary amides is 1. The molecule has 0 unspecified atom stereocenters. The van der Waals surface area contributed by atoms with Gasteiger partial charge in [-0.05, 0) is 31.2 Å². The molecule has 0 fully saturated rings. The van der Waals surface area contributed by atoms with Crippen LogP contribution in [0.4, 0.5) is 0 Å². The zero-order valence-corrected chi connectivity index (χ0v) is 12.3. The van der Waals surface area contributed by atoms with E-state index in [1.165, 1.54) is 0 Å². The Balaban J connectivity index is 2.31. The van der Waals surface area contributed by atoms with Crippen molar-refractivity contribution in [2.45, 2.75) is 6.92 Å². The molecule has 0 atom stereocenters. The van der Waals surface area contributed by atoms with Crippen LogP contribution < -0.4 is 5.73 Å². The van der Waals surface area contributed by atoms with Crippen LogP contribution in [0.25, 0.3) is 16.7 Å². The van der Waals surface area contributed by atoms with Gasteiger partial charge in [-0.1, -0.05) is 22.0 Å². The number of benzene rings is 1. The first-order valence-corrected chi connectivity index (χ1v) is 6.76. The van der Waals surface area contributed by atoms with Crippen LogP contribution in [0.2, 0.25) is 0 Å². The molecule has 20 heavy (non-hydrogen) atoms. The van der Waals surface area contributed by atoms with Gasteiger partial charge in [-0.2, -0.15) is 5.10 Å². The van der Waals surface area contributed by atoms with Crippen molar-refractivity contribution >= 4 is 32.7 Å². The molecular weight excluding hydrogens is 320 g/mol. The molecule has 5 nitrogen and oxygen atoms in total. The van der Waals surface area contributed by atoms with Crippen molar-refractivity contribution in [3.8, 4) is 5.82 Å². The molecule has 100 valence electrons. The van der Waals surface area contributed by atoms with Gasteiger partial charge in [0.15, 0.2) is 5.82 Å². The van der Waals surface area contributed by atoms with Crippen LogP contribution in [0.5, 0.6) is 0 Å². The van der Waals surface area contributed by atoms with Gasteiger partial charge in [-0.25, -0.2) is 9.67 Å². The number of amides is 1. The third-order valence-electron chi connectivity index (χ3n) is 3.01. The van der Waals surface area contributed by atoms with Crippen molar-refractivity contribution in [2.75, 3.05) is 0 Å². The highest BCUT2D eigenvalue weighted by atomic mass is 79.9. The Morgan fingerprint density at radius 1 is 1.35 bits per heavy atom. The zero-order valence-electron chi connectivity index (χ0n) is 10.7. The van der Waals surface area contributed by atoms with Gasteiger partial charge in [-0.3, -0.25) is 4.79 Å². The lowest BCUT2D eigenvalue weighted by Crippen LogP contribution is -2.11. The number of aromatic nitrogens is 3. The van der Waals surface area contributed by atoms with Crippen LogP contribution in [0.1, 0.15) is 16.1 Å². The van der Waals surface area contributed by atoms with Gasteiger partial charge in [-0.15, -0.1) is 0 Å². The molecule has 2 aromatic heterocycles. The van der Waals surface area contributed by atoms with Crippen LogP contribution in [0, 0.1) is 6.92 Å². The predicted molar refractivity (Wildman–Crippen MR) is 79.8 cm³/mol. The second kappa shape index (κ2) is 4.72. The molecular formula is C14H11BrN4O. The summed E-state index contributed by atoms with van der Waals surface area (Å²) >= 11 is 3.39. The quantitative estimate of drug-likeness (QED) is 0.784. The van der Waals surface area contributed by atoms with Gasteiger partial charge >= 0.3 is 0 Å². The fourth-order valence-electron chi connectivity index (χ4n) is 2.13. The van der Waals surface area contributed by atoms with E-state index >= 15 is 0 Å². The lowest BCUT2D eigenvalue weighted by atomic mass is 10.1. The van der Waals surface area contributed by atoms with Crippen LogP contribution >= 0.6 is 15.9 Å². The molecule has 2 heterocycles. The Hall–Kier alpha value is -2.21. The summed E-state index contributed by atoms with van der Waals surface area (Å²) in [6, 6.07) is 9.28. The van der Waals surface area contributed by atoms with E-state index in [2.05, 4.69) is 26.0 Å². The lowest BCUT2D eigenvalue weighted by Gasteiger charge is -2.05. The van der Waals surface area contributed by atoms with Crippen LogP contribution in [0.3, 0.4) is 0 Å². The topological polar surface area (TPSA) is 73.8 Å². The van der Waals surface area contributed by atoms with Crippen molar-refractivity contribution in [1.29, 1.82) is 0 Å². The number of fused-ring (bicyclic) bond motifs is 1. The number of carbonyl (C=O) groups excluding carboxylic acids is 1. The van der Waals surface area contributed by atoms with E-state index in [4.69, 9.17) is 5.73 Å². The minimum absolute atomic E-state index is 0.438. The van der Waals surface area contributed by atoms with Crippen molar-refractivity contribution in [1.82, 2.24) is 14.8 Å². The largest absolute Gasteiger partial charge is 0.366 e. The first kappa shape index (κ1) is 12.8. The average molecular weight is 331 g/mol. The molecule has 0 saturated heterocycles. The highest BCUT2D eigenvalue weighted by Gasteiger charge is 2.14. The SMILES string of the molecule is Cc1cccc(-n2ncc3c(C(N)=O)cc(Br)cc32)n1. The standard InChI is InChI=1S/C14H11BrN4O/c1-8-3-2-4-13(18-8)19-12-6-9(15)5-10(14(16)20)11(12)7-17-19/h2-7H,1H3,(H2,16,20). The Kier molecular flexibility index (Phi) is 3.02. The van der Waals surface area contributed by atoms with Gasteiger partial charge in [0, 0.05) is 15.6 Å². The molecule has 6 heteroatoms. The Morgan fingerprint density at radius 2 is 2.15 bits per heavy atom. The number of rotatable bonds is 2. The molecule has 1 amide bonds. The Bertz CT molecular complexity index is 825. The highest BCUT2D eigenvalue weighted by molar-refractivity contribution is 9.10. The Labute approximate surface area is 123 Å². The number of halogens is 1. The third kappa shape index (κ3) is 2.08. The van der Waals surface area contributed by atoms with Crippen LogP contribution in [-0.2, 0) is 0 Å². The van der Waals surface area contributed by atoms with Gasteiger partial charge in [0.25, 0.3) is 0 Å². The molecule has 0 saturated carbocycles. The molecule has 0 spiro atoms. The fourth-order valence-corrected chi connectivity index (χ4v) is 2.57. The van der Waals surface area contributed by atoms with E-state index in [-0.39, 0.29) is 0 Å².